The molecule has 0 aliphatic heterocycles. The van der Waals surface area contributed by atoms with Crippen molar-refractivity contribution in [1.82, 2.24) is 15.0 Å². The van der Waals surface area contributed by atoms with Gasteiger partial charge in [0.15, 0.2) is 5.65 Å². The Balaban J connectivity index is 1.90. The fourth-order valence-electron chi connectivity index (χ4n) is 2.63. The van der Waals surface area contributed by atoms with Gasteiger partial charge in [-0.3, -0.25) is 4.98 Å². The molecule has 0 spiro atoms. The van der Waals surface area contributed by atoms with E-state index in [1.807, 2.05) is 12.1 Å². The number of fused-ring (bicyclic) bond motifs is 1. The summed E-state index contributed by atoms with van der Waals surface area (Å²) in [6.07, 6.45) is 8.03. The van der Waals surface area contributed by atoms with Gasteiger partial charge in [-0.1, -0.05) is 12.8 Å². The van der Waals surface area contributed by atoms with Crippen LogP contribution in [0.25, 0.3) is 11.2 Å². The van der Waals surface area contributed by atoms with Crippen LogP contribution in [0.5, 0.6) is 0 Å². The molecule has 5 nitrogen and oxygen atoms in total. The molecule has 0 atom stereocenters. The number of nitrogens with one attached hydrogen (secondary N) is 1. The Morgan fingerprint density at radius 1 is 1.17 bits per heavy atom. The average molecular weight is 243 g/mol. The molecule has 1 aliphatic rings. The van der Waals surface area contributed by atoms with Gasteiger partial charge in [0.25, 0.3) is 0 Å². The Morgan fingerprint density at radius 3 is 2.72 bits per heavy atom. The van der Waals surface area contributed by atoms with Crippen LogP contribution in [0, 0.1) is 0 Å². The van der Waals surface area contributed by atoms with Gasteiger partial charge in [0, 0.05) is 18.9 Å². The van der Waals surface area contributed by atoms with Crippen molar-refractivity contribution in [2.75, 3.05) is 11.9 Å². The number of aromatic nitrogens is 3. The van der Waals surface area contributed by atoms with Crippen molar-refractivity contribution in [3.05, 3.63) is 24.5 Å². The van der Waals surface area contributed by atoms with E-state index in [1.54, 1.807) is 12.4 Å². The van der Waals surface area contributed by atoms with E-state index in [9.17, 15) is 0 Å². The van der Waals surface area contributed by atoms with Gasteiger partial charge in [-0.25, -0.2) is 9.97 Å². The lowest BCUT2D eigenvalue weighted by molar-refractivity contribution is 0.491. The molecule has 18 heavy (non-hydrogen) atoms. The molecule has 5 heteroatoms. The third kappa shape index (κ3) is 2.01. The van der Waals surface area contributed by atoms with Gasteiger partial charge in [0.2, 0.25) is 0 Å². The number of nitrogens with two attached hydrogens (primary N) is 1. The Kier molecular flexibility index (Phi) is 2.83. The Morgan fingerprint density at radius 2 is 1.94 bits per heavy atom. The first-order valence-corrected chi connectivity index (χ1v) is 6.37. The number of hydrogen-bond acceptors (Lipinski definition) is 5. The van der Waals surface area contributed by atoms with Crippen molar-refractivity contribution in [2.24, 2.45) is 5.73 Å². The van der Waals surface area contributed by atoms with Crippen LogP contribution in [0.2, 0.25) is 0 Å². The van der Waals surface area contributed by atoms with Crippen LogP contribution in [0.15, 0.2) is 24.5 Å². The molecule has 3 N–H and O–H groups in total. The summed E-state index contributed by atoms with van der Waals surface area (Å²) in [6, 6.07) is 3.89. The molecule has 0 radical (unpaired) electrons. The van der Waals surface area contributed by atoms with Crippen molar-refractivity contribution in [3.63, 3.8) is 0 Å². The third-order valence-electron chi connectivity index (χ3n) is 3.68. The van der Waals surface area contributed by atoms with E-state index >= 15 is 0 Å². The van der Waals surface area contributed by atoms with Crippen molar-refractivity contribution >= 4 is 17.0 Å². The fourth-order valence-corrected chi connectivity index (χ4v) is 2.63. The van der Waals surface area contributed by atoms with E-state index in [4.69, 9.17) is 5.73 Å². The van der Waals surface area contributed by atoms with Crippen molar-refractivity contribution in [1.29, 1.82) is 0 Å². The maximum atomic E-state index is 5.91. The molecule has 2 aromatic heterocycles. The zero-order valence-corrected chi connectivity index (χ0v) is 10.3. The van der Waals surface area contributed by atoms with Crippen LogP contribution in [0.1, 0.15) is 25.7 Å². The van der Waals surface area contributed by atoms with E-state index in [-0.39, 0.29) is 5.54 Å². The minimum atomic E-state index is 0.0168. The van der Waals surface area contributed by atoms with E-state index in [0.29, 0.717) is 12.2 Å². The van der Waals surface area contributed by atoms with Crippen LogP contribution < -0.4 is 11.1 Å². The highest BCUT2D eigenvalue weighted by Gasteiger charge is 2.32. The molecule has 1 saturated carbocycles. The zero-order chi connectivity index (χ0) is 12.4. The van der Waals surface area contributed by atoms with Crippen molar-refractivity contribution < 1.29 is 0 Å². The van der Waals surface area contributed by atoms with E-state index in [1.165, 1.54) is 12.8 Å². The number of nitrogens with zero attached hydrogens (tertiary/aromatic N) is 3. The summed E-state index contributed by atoms with van der Waals surface area (Å²) in [6.45, 7) is 0.646. The predicted molar refractivity (Wildman–Crippen MR) is 71.2 cm³/mol. The summed E-state index contributed by atoms with van der Waals surface area (Å²) in [4.78, 5) is 12.9. The topological polar surface area (TPSA) is 76.7 Å². The third-order valence-corrected chi connectivity index (χ3v) is 3.68. The van der Waals surface area contributed by atoms with Crippen molar-refractivity contribution in [3.8, 4) is 0 Å². The zero-order valence-electron chi connectivity index (χ0n) is 10.3. The Bertz CT molecular complexity index is 548. The first-order valence-electron chi connectivity index (χ1n) is 6.37. The molecule has 0 saturated heterocycles. The molecule has 3 rings (SSSR count). The molecular weight excluding hydrogens is 226 g/mol. The van der Waals surface area contributed by atoms with E-state index in [2.05, 4.69) is 20.3 Å². The maximum absolute atomic E-state index is 5.91. The van der Waals surface area contributed by atoms with Gasteiger partial charge in [0.1, 0.15) is 11.3 Å². The molecule has 94 valence electrons. The molecule has 2 heterocycles. The summed E-state index contributed by atoms with van der Waals surface area (Å²) in [5.41, 5.74) is 7.42. The summed E-state index contributed by atoms with van der Waals surface area (Å²) in [5, 5.41) is 3.49. The van der Waals surface area contributed by atoms with Gasteiger partial charge in [-0.15, -0.1) is 0 Å². The second-order valence-corrected chi connectivity index (χ2v) is 4.91. The summed E-state index contributed by atoms with van der Waals surface area (Å²) < 4.78 is 0. The van der Waals surface area contributed by atoms with Gasteiger partial charge in [-0.05, 0) is 25.0 Å². The van der Waals surface area contributed by atoms with Crippen LogP contribution in [0.4, 0.5) is 5.82 Å². The van der Waals surface area contributed by atoms with Gasteiger partial charge >= 0.3 is 0 Å². The summed E-state index contributed by atoms with van der Waals surface area (Å²) in [7, 11) is 0. The smallest absolute Gasteiger partial charge is 0.180 e. The van der Waals surface area contributed by atoms with E-state index < -0.39 is 0 Å². The van der Waals surface area contributed by atoms with Crippen LogP contribution in [-0.2, 0) is 0 Å². The highest BCUT2D eigenvalue weighted by molar-refractivity contribution is 5.71. The monoisotopic (exact) mass is 243 g/mol. The second kappa shape index (κ2) is 4.49. The summed E-state index contributed by atoms with van der Waals surface area (Å²) >= 11 is 0. The quantitative estimate of drug-likeness (QED) is 0.858. The lowest BCUT2D eigenvalue weighted by Gasteiger charge is -2.29. The fraction of sp³-hybridized carbons (Fsp3) is 0.462. The van der Waals surface area contributed by atoms with Crippen LogP contribution in [0.3, 0.4) is 0 Å². The SMILES string of the molecule is NCC1(Nc2ccc3nccnc3n2)CCCC1. The molecule has 0 amide bonds. The molecule has 0 bridgehead atoms. The largest absolute Gasteiger partial charge is 0.363 e. The Hall–Kier alpha value is -1.75. The normalized spacial score (nSPS) is 18.1. The first kappa shape index (κ1) is 11.3. The van der Waals surface area contributed by atoms with Crippen LogP contribution >= 0.6 is 0 Å². The molecule has 0 aromatic carbocycles. The second-order valence-electron chi connectivity index (χ2n) is 4.91. The number of anilines is 1. The maximum Gasteiger partial charge on any atom is 0.180 e. The first-order chi connectivity index (χ1) is 8.81. The van der Waals surface area contributed by atoms with Gasteiger partial charge < -0.3 is 11.1 Å². The minimum absolute atomic E-state index is 0.0168. The molecule has 0 unspecified atom stereocenters. The highest BCUT2D eigenvalue weighted by Crippen LogP contribution is 2.31. The summed E-state index contributed by atoms with van der Waals surface area (Å²) in [5.74, 6) is 0.843. The van der Waals surface area contributed by atoms with Crippen molar-refractivity contribution in [2.45, 2.75) is 31.2 Å². The lowest BCUT2D eigenvalue weighted by atomic mass is 9.98. The standard InChI is InChI=1S/C13H17N5/c14-9-13(5-1-2-6-13)18-11-4-3-10-12(17-11)16-8-7-15-10/h3-4,7-8H,1-2,5-6,9,14H2,(H,16,17,18). The molecule has 1 aliphatic carbocycles. The van der Waals surface area contributed by atoms with Gasteiger partial charge in [0.05, 0.1) is 5.54 Å². The number of rotatable bonds is 3. The average Bonchev–Trinajstić information content (AvgIpc) is 2.88. The van der Waals surface area contributed by atoms with E-state index in [0.717, 1.165) is 24.2 Å². The molecule has 1 fully saturated rings. The Labute approximate surface area is 106 Å². The lowest BCUT2D eigenvalue weighted by Crippen LogP contribution is -2.43. The molecular formula is C13H17N5. The number of hydrogen-bond donors (Lipinski definition) is 2. The number of pyridine rings is 1. The highest BCUT2D eigenvalue weighted by atomic mass is 15.1. The van der Waals surface area contributed by atoms with Crippen LogP contribution in [-0.4, -0.2) is 27.0 Å². The minimum Gasteiger partial charge on any atom is -0.363 e. The molecule has 2 aromatic rings. The predicted octanol–water partition coefficient (Wildman–Crippen LogP) is 1.71. The van der Waals surface area contributed by atoms with Gasteiger partial charge in [-0.2, -0.15) is 0 Å².